The van der Waals surface area contributed by atoms with Crippen LogP contribution in [-0.4, -0.2) is 110 Å². The van der Waals surface area contributed by atoms with Crippen molar-refractivity contribution in [2.75, 3.05) is 52.9 Å². The van der Waals surface area contributed by atoms with Gasteiger partial charge in [-0.2, -0.15) is 11.8 Å². The van der Waals surface area contributed by atoms with Crippen LogP contribution in [0.25, 0.3) is 0 Å². The number of amides is 4. The summed E-state index contributed by atoms with van der Waals surface area (Å²) in [5.41, 5.74) is -0.823. The number of likely N-dealkylation sites (N-methyl/N-ethyl adjacent to an activating group) is 2. The summed E-state index contributed by atoms with van der Waals surface area (Å²) in [5.74, 6) is -1.63. The Bertz CT molecular complexity index is 741. The minimum absolute atomic E-state index is 0.0125. The molecule has 0 spiro atoms. The molecule has 0 radical (unpaired) electrons. The van der Waals surface area contributed by atoms with Gasteiger partial charge in [-0.25, -0.2) is 9.59 Å². The fourth-order valence-electron chi connectivity index (χ4n) is 2.48. The van der Waals surface area contributed by atoms with Crippen molar-refractivity contribution in [3.05, 3.63) is 12.7 Å². The van der Waals surface area contributed by atoms with Gasteiger partial charge in [-0.1, -0.05) is 12.7 Å². The van der Waals surface area contributed by atoms with Crippen LogP contribution in [-0.2, 0) is 28.6 Å². The van der Waals surface area contributed by atoms with E-state index >= 15 is 0 Å². The fraction of sp³-hybridized carbons (Fsp3) is 0.667. The summed E-state index contributed by atoms with van der Waals surface area (Å²) in [4.78, 5) is 64.0. The summed E-state index contributed by atoms with van der Waals surface area (Å²) in [7, 11) is 4.02. The zero-order valence-corrected chi connectivity index (χ0v) is 21.7. The third-order valence-electron chi connectivity index (χ3n) is 4.16. The Morgan fingerprint density at radius 1 is 1.15 bits per heavy atom. The van der Waals surface area contributed by atoms with E-state index in [1.165, 1.54) is 43.9 Å². The van der Waals surface area contributed by atoms with E-state index in [9.17, 15) is 24.0 Å². The molecule has 0 aliphatic heterocycles. The third-order valence-corrected chi connectivity index (χ3v) is 4.81. The van der Waals surface area contributed by atoms with Crippen molar-refractivity contribution in [2.24, 2.45) is 0 Å². The van der Waals surface area contributed by atoms with Crippen molar-refractivity contribution in [3.8, 4) is 0 Å². The zero-order chi connectivity index (χ0) is 26.5. The molecule has 0 heterocycles. The molecule has 13 heteroatoms. The number of thioether (sulfide) groups is 1. The van der Waals surface area contributed by atoms with Gasteiger partial charge in [0.05, 0.1) is 7.11 Å². The Balaban J connectivity index is 5.56. The molecule has 34 heavy (non-hydrogen) atoms. The molecule has 0 fully saturated rings. The minimum atomic E-state index is -1.25. The van der Waals surface area contributed by atoms with Crippen molar-refractivity contribution in [1.82, 2.24) is 20.4 Å². The molecule has 0 saturated heterocycles. The second-order valence-electron chi connectivity index (χ2n) is 8.16. The Kier molecular flexibility index (Phi) is 13.7. The van der Waals surface area contributed by atoms with Gasteiger partial charge in [0.1, 0.15) is 30.8 Å². The highest BCUT2D eigenvalue weighted by Crippen LogP contribution is 2.11. The molecule has 4 amide bonds. The number of rotatable bonds is 12. The Morgan fingerprint density at radius 2 is 1.76 bits per heavy atom. The van der Waals surface area contributed by atoms with Gasteiger partial charge in [-0.15, -0.1) is 0 Å². The van der Waals surface area contributed by atoms with Gasteiger partial charge in [0, 0.05) is 26.4 Å². The van der Waals surface area contributed by atoms with Crippen molar-refractivity contribution in [1.29, 1.82) is 0 Å². The molecular formula is C21H36N4O8S. The second kappa shape index (κ2) is 15.0. The van der Waals surface area contributed by atoms with E-state index in [1.54, 1.807) is 27.0 Å². The quantitative estimate of drug-likeness (QED) is 0.222. The van der Waals surface area contributed by atoms with Crippen LogP contribution in [0.2, 0.25) is 0 Å². The maximum absolute atomic E-state index is 13.1. The van der Waals surface area contributed by atoms with Crippen LogP contribution < -0.4 is 10.6 Å². The Hall–Kier alpha value is -2.96. The van der Waals surface area contributed by atoms with E-state index in [2.05, 4.69) is 21.9 Å². The average Bonchev–Trinajstić information content (AvgIpc) is 2.76. The first-order valence-electron chi connectivity index (χ1n) is 10.4. The minimum Gasteiger partial charge on any atom is -0.468 e. The van der Waals surface area contributed by atoms with Gasteiger partial charge < -0.3 is 29.7 Å². The van der Waals surface area contributed by atoms with E-state index in [0.717, 1.165) is 4.90 Å². The number of carbonyl (C=O) groups is 5. The summed E-state index contributed by atoms with van der Waals surface area (Å²) in [6, 6.07) is -2.14. The number of methoxy groups -OCH3 is 1. The summed E-state index contributed by atoms with van der Waals surface area (Å²) < 4.78 is 14.7. The number of carbonyl (C=O) groups excluding carboxylic acids is 5. The molecule has 0 aliphatic rings. The van der Waals surface area contributed by atoms with Gasteiger partial charge >= 0.3 is 18.2 Å². The maximum atomic E-state index is 13.1. The molecule has 0 aliphatic carbocycles. The van der Waals surface area contributed by atoms with Crippen LogP contribution >= 0.6 is 11.8 Å². The van der Waals surface area contributed by atoms with E-state index in [4.69, 9.17) is 9.47 Å². The molecule has 0 bridgehead atoms. The van der Waals surface area contributed by atoms with Crippen molar-refractivity contribution in [3.63, 3.8) is 0 Å². The largest absolute Gasteiger partial charge is 0.468 e. The van der Waals surface area contributed by atoms with E-state index in [0.29, 0.717) is 0 Å². The maximum Gasteiger partial charge on any atom is 0.410 e. The number of hydrogen-bond donors (Lipinski definition) is 2. The van der Waals surface area contributed by atoms with Crippen LogP contribution in [0.4, 0.5) is 9.59 Å². The lowest BCUT2D eigenvalue weighted by atomic mass is 10.2. The van der Waals surface area contributed by atoms with E-state index in [-0.39, 0.29) is 18.9 Å². The highest BCUT2D eigenvalue weighted by molar-refractivity contribution is 7.98. The fourth-order valence-corrected chi connectivity index (χ4v) is 3.16. The van der Waals surface area contributed by atoms with Gasteiger partial charge in [0.25, 0.3) is 0 Å². The Morgan fingerprint density at radius 3 is 2.26 bits per heavy atom. The second-order valence-corrected chi connectivity index (χ2v) is 9.07. The predicted octanol–water partition coefficient (Wildman–Crippen LogP) is 0.613. The van der Waals surface area contributed by atoms with Crippen LogP contribution in [0.5, 0.6) is 0 Å². The SMILES string of the molecule is C=CCOC(=O)N(C)[C@@H](CSC)C(=O)N(C)C[C@@H](NC(=O)OC(C)(C)C)C(=O)NCC(=O)OC. The third kappa shape index (κ3) is 11.8. The van der Waals surface area contributed by atoms with Gasteiger partial charge in [-0.3, -0.25) is 19.3 Å². The average molecular weight is 505 g/mol. The molecule has 194 valence electrons. The molecule has 0 unspecified atom stereocenters. The lowest BCUT2D eigenvalue weighted by Gasteiger charge is -2.31. The zero-order valence-electron chi connectivity index (χ0n) is 20.8. The van der Waals surface area contributed by atoms with Gasteiger partial charge in [0.15, 0.2) is 0 Å². The number of ether oxygens (including phenoxy) is 3. The van der Waals surface area contributed by atoms with Crippen molar-refractivity contribution >= 4 is 41.7 Å². The van der Waals surface area contributed by atoms with Crippen LogP contribution in [0.1, 0.15) is 20.8 Å². The molecular weight excluding hydrogens is 468 g/mol. The number of nitrogens with zero attached hydrogens (tertiary/aromatic N) is 2. The molecule has 0 saturated carbocycles. The highest BCUT2D eigenvalue weighted by atomic mass is 32.2. The monoisotopic (exact) mass is 504 g/mol. The highest BCUT2D eigenvalue weighted by Gasteiger charge is 2.33. The molecule has 12 nitrogen and oxygen atoms in total. The molecule has 2 atom stereocenters. The number of hydrogen-bond acceptors (Lipinski definition) is 9. The summed E-state index contributed by atoms with van der Waals surface area (Å²) in [5, 5.41) is 4.76. The standard InChI is InChI=1S/C21H36N4O8S/c1-9-10-32-20(30)25(6)15(13-34-8)18(28)24(5)12-14(17(27)22-11-16(26)31-7)23-19(29)33-21(2,3)4/h9,14-15H,1,10-13H2,2-8H3,(H,22,27)(H,23,29)/t14-,15+/m1/s1. The molecule has 2 N–H and O–H groups in total. The van der Waals surface area contributed by atoms with Gasteiger partial charge in [-0.05, 0) is 27.0 Å². The lowest BCUT2D eigenvalue weighted by Crippen LogP contribution is -2.57. The Labute approximate surface area is 204 Å². The lowest BCUT2D eigenvalue weighted by molar-refractivity contribution is -0.141. The summed E-state index contributed by atoms with van der Waals surface area (Å²) in [6.07, 6.45) is 1.59. The van der Waals surface area contributed by atoms with Crippen LogP contribution in [0, 0.1) is 0 Å². The smallest absolute Gasteiger partial charge is 0.410 e. The first-order chi connectivity index (χ1) is 15.8. The predicted molar refractivity (Wildman–Crippen MR) is 127 cm³/mol. The summed E-state index contributed by atoms with van der Waals surface area (Å²) >= 11 is 1.34. The van der Waals surface area contributed by atoms with E-state index in [1.807, 2.05) is 0 Å². The first kappa shape index (κ1) is 31.0. The number of esters is 1. The molecule has 0 aromatic carbocycles. The number of alkyl carbamates (subject to hydrolysis) is 1. The molecule has 0 rings (SSSR count). The van der Waals surface area contributed by atoms with Crippen LogP contribution in [0.3, 0.4) is 0 Å². The van der Waals surface area contributed by atoms with Gasteiger partial charge in [0.2, 0.25) is 11.8 Å². The van der Waals surface area contributed by atoms with Crippen molar-refractivity contribution < 1.29 is 38.2 Å². The van der Waals surface area contributed by atoms with Crippen molar-refractivity contribution in [2.45, 2.75) is 38.5 Å². The van der Waals surface area contributed by atoms with E-state index < -0.39 is 54.2 Å². The molecule has 0 aromatic heterocycles. The summed E-state index contributed by atoms with van der Waals surface area (Å²) in [6.45, 7) is 7.75. The first-order valence-corrected chi connectivity index (χ1v) is 11.7. The number of nitrogens with one attached hydrogen (secondary N) is 2. The topological polar surface area (TPSA) is 144 Å². The molecule has 0 aromatic rings. The van der Waals surface area contributed by atoms with Crippen LogP contribution in [0.15, 0.2) is 12.7 Å². The normalized spacial score (nSPS) is 12.4.